The van der Waals surface area contributed by atoms with Crippen LogP contribution >= 0.6 is 11.6 Å². The van der Waals surface area contributed by atoms with Gasteiger partial charge in [-0.25, -0.2) is 4.98 Å². The van der Waals surface area contributed by atoms with Crippen molar-refractivity contribution in [3.8, 4) is 5.75 Å². The van der Waals surface area contributed by atoms with Crippen LogP contribution < -0.4 is 20.3 Å². The van der Waals surface area contributed by atoms with Crippen LogP contribution in [-0.2, 0) is 15.8 Å². The summed E-state index contributed by atoms with van der Waals surface area (Å²) in [6, 6.07) is 5.77. The number of pyridine rings is 1. The number of hydrogen-bond donors (Lipinski definition) is 2. The Kier molecular flexibility index (Phi) is 7.12. The maximum atomic E-state index is 12.8. The first-order chi connectivity index (χ1) is 15.1. The average molecular weight is 471 g/mol. The Morgan fingerprint density at radius 1 is 1.16 bits per heavy atom. The van der Waals surface area contributed by atoms with Gasteiger partial charge in [0.1, 0.15) is 11.6 Å². The molecule has 0 aliphatic carbocycles. The van der Waals surface area contributed by atoms with Crippen molar-refractivity contribution in [2.24, 2.45) is 5.92 Å². The molecule has 1 fully saturated rings. The largest absolute Gasteiger partial charge is 0.497 e. The van der Waals surface area contributed by atoms with Crippen LogP contribution in [0.1, 0.15) is 25.3 Å². The maximum absolute atomic E-state index is 12.8. The monoisotopic (exact) mass is 470 g/mol. The van der Waals surface area contributed by atoms with Gasteiger partial charge in [0, 0.05) is 38.2 Å². The van der Waals surface area contributed by atoms with Gasteiger partial charge in [0.15, 0.2) is 0 Å². The smallest absolute Gasteiger partial charge is 0.417 e. The van der Waals surface area contributed by atoms with Crippen LogP contribution in [0.5, 0.6) is 5.75 Å². The lowest BCUT2D eigenvalue weighted by atomic mass is 9.95. The molecule has 2 amide bonds. The molecule has 0 saturated carbocycles. The first-order valence-corrected chi connectivity index (χ1v) is 10.2. The molecule has 1 aromatic heterocycles. The van der Waals surface area contributed by atoms with Crippen molar-refractivity contribution in [2.45, 2.75) is 25.9 Å². The number of anilines is 3. The van der Waals surface area contributed by atoms with E-state index in [-0.39, 0.29) is 28.6 Å². The number of rotatable bonds is 5. The van der Waals surface area contributed by atoms with Crippen LogP contribution in [0.15, 0.2) is 30.5 Å². The predicted octanol–water partition coefficient (Wildman–Crippen LogP) is 4.58. The van der Waals surface area contributed by atoms with Crippen molar-refractivity contribution >= 4 is 40.6 Å². The number of nitrogens with one attached hydrogen (secondary N) is 2. The fourth-order valence-electron chi connectivity index (χ4n) is 3.46. The molecule has 11 heteroatoms. The highest BCUT2D eigenvalue weighted by atomic mass is 35.5. The third-order valence-corrected chi connectivity index (χ3v) is 5.39. The number of piperidine rings is 1. The molecule has 2 N–H and O–H groups in total. The summed E-state index contributed by atoms with van der Waals surface area (Å²) in [6.45, 7) is 2.19. The van der Waals surface area contributed by atoms with Gasteiger partial charge in [0.05, 0.1) is 29.1 Å². The molecule has 7 nitrogen and oxygen atoms in total. The minimum atomic E-state index is -4.52. The molecule has 32 heavy (non-hydrogen) atoms. The lowest BCUT2D eigenvalue weighted by Gasteiger charge is -2.32. The number of carbonyl (C=O) groups is 2. The van der Waals surface area contributed by atoms with Gasteiger partial charge in [-0.05, 0) is 31.0 Å². The second-order valence-corrected chi connectivity index (χ2v) is 7.78. The Balaban J connectivity index is 1.66. The normalized spacial score (nSPS) is 14.8. The van der Waals surface area contributed by atoms with Crippen LogP contribution in [0.25, 0.3) is 0 Å². The zero-order valence-corrected chi connectivity index (χ0v) is 18.2. The fraction of sp³-hybridized carbons (Fsp3) is 0.381. The van der Waals surface area contributed by atoms with Crippen LogP contribution in [0, 0.1) is 5.92 Å². The van der Waals surface area contributed by atoms with E-state index < -0.39 is 11.7 Å². The van der Waals surface area contributed by atoms with E-state index in [1.54, 1.807) is 23.1 Å². The molecule has 0 spiro atoms. The molecular formula is C21H22ClF3N4O3. The Morgan fingerprint density at radius 2 is 1.84 bits per heavy atom. The molecule has 0 unspecified atom stereocenters. The van der Waals surface area contributed by atoms with E-state index in [1.165, 1.54) is 14.0 Å². The third kappa shape index (κ3) is 5.61. The van der Waals surface area contributed by atoms with Crippen molar-refractivity contribution in [1.82, 2.24) is 4.98 Å². The summed E-state index contributed by atoms with van der Waals surface area (Å²) in [5, 5.41) is 5.41. The standard InChI is InChI=1S/C21H22ClF3N4O3/c1-12(30)27-17-4-3-15(32-2)10-18(17)28-20(31)13-5-7-29(8-6-13)19-16(22)9-14(11-26-19)21(23,24)25/h3-4,9-11,13H,5-8H2,1-2H3,(H,27,30)(H,28,31). The highest BCUT2D eigenvalue weighted by Crippen LogP contribution is 2.35. The van der Waals surface area contributed by atoms with Crippen molar-refractivity contribution in [3.05, 3.63) is 41.0 Å². The summed E-state index contributed by atoms with van der Waals surface area (Å²) in [5.74, 6) is -0.0433. The van der Waals surface area contributed by atoms with Gasteiger partial charge in [0.2, 0.25) is 11.8 Å². The zero-order chi connectivity index (χ0) is 23.5. The maximum Gasteiger partial charge on any atom is 0.417 e. The van der Waals surface area contributed by atoms with Gasteiger partial charge in [-0.1, -0.05) is 11.6 Å². The number of methoxy groups -OCH3 is 1. The number of ether oxygens (including phenoxy) is 1. The van der Waals surface area contributed by atoms with E-state index in [0.29, 0.717) is 43.1 Å². The summed E-state index contributed by atoms with van der Waals surface area (Å²) in [4.78, 5) is 29.9. The molecule has 0 radical (unpaired) electrons. The second-order valence-electron chi connectivity index (χ2n) is 7.37. The molecule has 1 aliphatic heterocycles. The van der Waals surface area contributed by atoms with Gasteiger partial charge in [-0.3, -0.25) is 9.59 Å². The zero-order valence-electron chi connectivity index (χ0n) is 17.4. The van der Waals surface area contributed by atoms with E-state index in [4.69, 9.17) is 16.3 Å². The van der Waals surface area contributed by atoms with E-state index in [2.05, 4.69) is 15.6 Å². The molecule has 0 atom stereocenters. The van der Waals surface area contributed by atoms with Gasteiger partial charge >= 0.3 is 6.18 Å². The molecule has 1 aliphatic rings. The van der Waals surface area contributed by atoms with E-state index >= 15 is 0 Å². The van der Waals surface area contributed by atoms with Gasteiger partial charge in [-0.2, -0.15) is 13.2 Å². The Bertz CT molecular complexity index is 1010. The Morgan fingerprint density at radius 3 is 2.41 bits per heavy atom. The summed E-state index contributed by atoms with van der Waals surface area (Å²) in [7, 11) is 1.50. The minimum absolute atomic E-state index is 0.0842. The molecule has 1 saturated heterocycles. The number of nitrogens with zero attached hydrogens (tertiary/aromatic N) is 2. The van der Waals surface area contributed by atoms with Crippen LogP contribution in [-0.4, -0.2) is 37.0 Å². The SMILES string of the molecule is COc1ccc(NC(C)=O)c(NC(=O)C2CCN(c3ncc(C(F)(F)F)cc3Cl)CC2)c1. The van der Waals surface area contributed by atoms with Crippen molar-refractivity contribution in [1.29, 1.82) is 0 Å². The Hall–Kier alpha value is -3.01. The number of benzene rings is 1. The minimum Gasteiger partial charge on any atom is -0.497 e. The number of carbonyl (C=O) groups excluding carboxylic acids is 2. The summed E-state index contributed by atoms with van der Waals surface area (Å²) >= 11 is 6.03. The first-order valence-electron chi connectivity index (χ1n) is 9.82. The fourth-order valence-corrected chi connectivity index (χ4v) is 3.74. The average Bonchev–Trinajstić information content (AvgIpc) is 2.74. The summed E-state index contributed by atoms with van der Waals surface area (Å²) in [6.07, 6.45) is -2.84. The van der Waals surface area contributed by atoms with Crippen molar-refractivity contribution in [2.75, 3.05) is 35.7 Å². The quantitative estimate of drug-likeness (QED) is 0.668. The summed E-state index contributed by atoms with van der Waals surface area (Å²) in [5.41, 5.74) is -0.0435. The highest BCUT2D eigenvalue weighted by Gasteiger charge is 2.33. The topological polar surface area (TPSA) is 83.6 Å². The lowest BCUT2D eigenvalue weighted by molar-refractivity contribution is -0.137. The molecule has 1 aromatic carbocycles. The number of aromatic nitrogens is 1. The lowest BCUT2D eigenvalue weighted by Crippen LogP contribution is -2.38. The number of halogens is 4. The Labute approximate surface area is 187 Å². The van der Waals surface area contributed by atoms with E-state index in [1.807, 2.05) is 0 Å². The van der Waals surface area contributed by atoms with Gasteiger partial charge in [0.25, 0.3) is 0 Å². The molecule has 3 rings (SSSR count). The molecular weight excluding hydrogens is 449 g/mol. The van der Waals surface area contributed by atoms with Gasteiger partial charge < -0.3 is 20.3 Å². The number of hydrogen-bond acceptors (Lipinski definition) is 5. The van der Waals surface area contributed by atoms with Crippen LogP contribution in [0.2, 0.25) is 5.02 Å². The van der Waals surface area contributed by atoms with E-state index in [9.17, 15) is 22.8 Å². The predicted molar refractivity (Wildman–Crippen MR) is 115 cm³/mol. The van der Waals surface area contributed by atoms with Crippen LogP contribution in [0.3, 0.4) is 0 Å². The summed E-state index contributed by atoms with van der Waals surface area (Å²) < 4.78 is 43.6. The number of amides is 2. The molecule has 172 valence electrons. The molecule has 0 bridgehead atoms. The van der Waals surface area contributed by atoms with Crippen molar-refractivity contribution < 1.29 is 27.5 Å². The van der Waals surface area contributed by atoms with Crippen LogP contribution in [0.4, 0.5) is 30.4 Å². The molecule has 2 heterocycles. The van der Waals surface area contributed by atoms with Gasteiger partial charge in [-0.15, -0.1) is 0 Å². The van der Waals surface area contributed by atoms with Crippen molar-refractivity contribution in [3.63, 3.8) is 0 Å². The highest BCUT2D eigenvalue weighted by molar-refractivity contribution is 6.33. The first kappa shape index (κ1) is 23.6. The molecule has 2 aromatic rings. The van der Waals surface area contributed by atoms with E-state index in [0.717, 1.165) is 12.3 Å². The second kappa shape index (κ2) is 9.64. The third-order valence-electron chi connectivity index (χ3n) is 5.11. The number of alkyl halides is 3.